The SMILES string of the molecule is O=C1CN(Cc2ccc3c(c2)OCO3)[C@H]2CS(=O)(=O)C[C@H]2N1c1ccccc1. The molecular weight excluding hydrogens is 380 g/mol. The van der Waals surface area contributed by atoms with E-state index in [2.05, 4.69) is 0 Å². The second-order valence-electron chi connectivity index (χ2n) is 7.40. The maximum absolute atomic E-state index is 13.0. The van der Waals surface area contributed by atoms with Gasteiger partial charge in [0.25, 0.3) is 0 Å². The van der Waals surface area contributed by atoms with Gasteiger partial charge in [-0.25, -0.2) is 8.42 Å². The lowest BCUT2D eigenvalue weighted by Crippen LogP contribution is -2.61. The van der Waals surface area contributed by atoms with Crippen LogP contribution in [0.2, 0.25) is 0 Å². The summed E-state index contributed by atoms with van der Waals surface area (Å²) in [5.74, 6) is 1.37. The zero-order valence-electron chi connectivity index (χ0n) is 15.2. The fraction of sp³-hybridized carbons (Fsp3) is 0.350. The molecule has 2 aromatic carbocycles. The number of amides is 1. The van der Waals surface area contributed by atoms with Gasteiger partial charge in [0.1, 0.15) is 0 Å². The minimum Gasteiger partial charge on any atom is -0.454 e. The summed E-state index contributed by atoms with van der Waals surface area (Å²) in [7, 11) is -3.21. The van der Waals surface area contributed by atoms with Gasteiger partial charge in [0.05, 0.1) is 24.1 Å². The van der Waals surface area contributed by atoms with Gasteiger partial charge in [-0.2, -0.15) is 0 Å². The molecule has 2 atom stereocenters. The summed E-state index contributed by atoms with van der Waals surface area (Å²) in [4.78, 5) is 16.6. The van der Waals surface area contributed by atoms with Gasteiger partial charge in [-0.1, -0.05) is 24.3 Å². The fourth-order valence-corrected chi connectivity index (χ4v) is 6.31. The molecule has 0 aromatic heterocycles. The number of hydrogen-bond donors (Lipinski definition) is 0. The maximum atomic E-state index is 13.0. The molecule has 0 spiro atoms. The molecule has 5 rings (SSSR count). The lowest BCUT2D eigenvalue weighted by atomic mass is 10.0. The van der Waals surface area contributed by atoms with Gasteiger partial charge < -0.3 is 14.4 Å². The third-order valence-electron chi connectivity index (χ3n) is 5.56. The molecule has 0 saturated carbocycles. The predicted molar refractivity (Wildman–Crippen MR) is 103 cm³/mol. The third-order valence-corrected chi connectivity index (χ3v) is 7.26. The van der Waals surface area contributed by atoms with Crippen LogP contribution in [0.1, 0.15) is 5.56 Å². The van der Waals surface area contributed by atoms with Crippen LogP contribution in [0.25, 0.3) is 0 Å². The molecule has 3 heterocycles. The van der Waals surface area contributed by atoms with Crippen LogP contribution in [0.15, 0.2) is 48.5 Å². The van der Waals surface area contributed by atoms with E-state index in [0.29, 0.717) is 18.0 Å². The Kier molecular flexibility index (Phi) is 4.06. The zero-order chi connectivity index (χ0) is 19.3. The van der Waals surface area contributed by atoms with Crippen molar-refractivity contribution in [3.05, 3.63) is 54.1 Å². The molecule has 3 aliphatic rings. The Morgan fingerprint density at radius 2 is 1.71 bits per heavy atom. The topological polar surface area (TPSA) is 76.1 Å². The number of sulfone groups is 1. The molecule has 3 aliphatic heterocycles. The molecule has 146 valence electrons. The number of anilines is 1. The van der Waals surface area contributed by atoms with Gasteiger partial charge in [-0.3, -0.25) is 9.69 Å². The Balaban J connectivity index is 1.45. The van der Waals surface area contributed by atoms with E-state index in [9.17, 15) is 13.2 Å². The Morgan fingerprint density at radius 3 is 2.54 bits per heavy atom. The zero-order valence-corrected chi connectivity index (χ0v) is 16.0. The maximum Gasteiger partial charge on any atom is 0.241 e. The van der Waals surface area contributed by atoms with Crippen LogP contribution in [0.4, 0.5) is 5.69 Å². The van der Waals surface area contributed by atoms with Gasteiger partial charge in [0, 0.05) is 18.3 Å². The smallest absolute Gasteiger partial charge is 0.241 e. The summed E-state index contributed by atoms with van der Waals surface area (Å²) in [6.07, 6.45) is 0. The van der Waals surface area contributed by atoms with Gasteiger partial charge in [-0.15, -0.1) is 0 Å². The Morgan fingerprint density at radius 1 is 0.964 bits per heavy atom. The second kappa shape index (κ2) is 6.49. The largest absolute Gasteiger partial charge is 0.454 e. The Hall–Kier alpha value is -2.58. The van der Waals surface area contributed by atoms with Crippen LogP contribution in [-0.4, -0.2) is 56.2 Å². The molecule has 2 aromatic rings. The van der Waals surface area contributed by atoms with E-state index < -0.39 is 9.84 Å². The normalized spacial score (nSPS) is 25.7. The minimum absolute atomic E-state index is 0.00403. The van der Waals surface area contributed by atoms with Crippen molar-refractivity contribution in [2.45, 2.75) is 18.6 Å². The molecule has 7 nitrogen and oxygen atoms in total. The number of ether oxygens (including phenoxy) is 2. The fourth-order valence-electron chi connectivity index (χ4n) is 4.33. The molecule has 0 bridgehead atoms. The molecular formula is C20H20N2O5S. The van der Waals surface area contributed by atoms with Crippen LogP contribution in [0, 0.1) is 0 Å². The van der Waals surface area contributed by atoms with Crippen LogP contribution in [0.5, 0.6) is 11.5 Å². The van der Waals surface area contributed by atoms with E-state index in [1.807, 2.05) is 53.4 Å². The third kappa shape index (κ3) is 3.02. The molecule has 0 N–H and O–H groups in total. The predicted octanol–water partition coefficient (Wildman–Crippen LogP) is 1.43. The molecule has 0 aliphatic carbocycles. The van der Waals surface area contributed by atoms with E-state index in [4.69, 9.17) is 9.47 Å². The van der Waals surface area contributed by atoms with Crippen LogP contribution in [0.3, 0.4) is 0 Å². The first-order chi connectivity index (χ1) is 13.5. The number of hydrogen-bond acceptors (Lipinski definition) is 6. The Bertz CT molecular complexity index is 1020. The van der Waals surface area contributed by atoms with E-state index in [1.54, 1.807) is 4.90 Å². The monoisotopic (exact) mass is 400 g/mol. The van der Waals surface area contributed by atoms with Gasteiger partial charge in [0.2, 0.25) is 12.7 Å². The van der Waals surface area contributed by atoms with Crippen molar-refractivity contribution in [3.8, 4) is 11.5 Å². The highest BCUT2D eigenvalue weighted by atomic mass is 32.2. The van der Waals surface area contributed by atoms with Crippen molar-refractivity contribution in [1.29, 1.82) is 0 Å². The van der Waals surface area contributed by atoms with Crippen LogP contribution < -0.4 is 14.4 Å². The summed E-state index contributed by atoms with van der Waals surface area (Å²) >= 11 is 0. The first kappa shape index (κ1) is 17.5. The highest BCUT2D eigenvalue weighted by Crippen LogP contribution is 2.35. The van der Waals surface area contributed by atoms with Crippen molar-refractivity contribution < 1.29 is 22.7 Å². The summed E-state index contributed by atoms with van der Waals surface area (Å²) < 4.78 is 35.6. The number of piperazine rings is 1. The standard InChI is InChI=1S/C20H20N2O5S/c23-20-10-21(9-14-6-7-18-19(8-14)27-13-26-18)16-11-28(24,25)12-17(16)22(20)15-4-2-1-3-5-15/h1-8,16-17H,9-13H2/t16-,17+/m0/s1. The average Bonchev–Trinajstić information content (AvgIpc) is 3.25. The van der Waals surface area contributed by atoms with Gasteiger partial charge in [-0.05, 0) is 29.8 Å². The highest BCUT2D eigenvalue weighted by Gasteiger charge is 2.49. The number of para-hydroxylation sites is 1. The van der Waals surface area contributed by atoms with Crippen molar-refractivity contribution in [2.75, 3.05) is 29.7 Å². The number of carbonyl (C=O) groups is 1. The van der Waals surface area contributed by atoms with Gasteiger partial charge in [0.15, 0.2) is 21.3 Å². The van der Waals surface area contributed by atoms with E-state index in [0.717, 1.165) is 11.3 Å². The highest BCUT2D eigenvalue weighted by molar-refractivity contribution is 7.91. The molecule has 0 radical (unpaired) electrons. The van der Waals surface area contributed by atoms with Crippen molar-refractivity contribution in [1.82, 2.24) is 4.90 Å². The quantitative estimate of drug-likeness (QED) is 0.776. The van der Waals surface area contributed by atoms with E-state index in [-0.39, 0.29) is 42.8 Å². The lowest BCUT2D eigenvalue weighted by Gasteiger charge is -2.43. The van der Waals surface area contributed by atoms with Crippen molar-refractivity contribution in [3.63, 3.8) is 0 Å². The van der Waals surface area contributed by atoms with Crippen LogP contribution >= 0.6 is 0 Å². The number of benzene rings is 2. The van der Waals surface area contributed by atoms with E-state index >= 15 is 0 Å². The summed E-state index contributed by atoms with van der Waals surface area (Å²) in [6.45, 7) is 0.873. The number of nitrogens with zero attached hydrogens (tertiary/aromatic N) is 2. The average molecular weight is 400 g/mol. The molecule has 8 heteroatoms. The molecule has 2 saturated heterocycles. The molecule has 0 unspecified atom stereocenters. The van der Waals surface area contributed by atoms with Crippen LogP contribution in [-0.2, 0) is 21.2 Å². The van der Waals surface area contributed by atoms with Crippen molar-refractivity contribution in [2.24, 2.45) is 0 Å². The first-order valence-corrected chi connectivity index (χ1v) is 11.0. The minimum atomic E-state index is -3.21. The number of rotatable bonds is 3. The molecule has 1 amide bonds. The number of fused-ring (bicyclic) bond motifs is 2. The van der Waals surface area contributed by atoms with E-state index in [1.165, 1.54) is 0 Å². The number of carbonyl (C=O) groups excluding carboxylic acids is 1. The molecule has 28 heavy (non-hydrogen) atoms. The van der Waals surface area contributed by atoms with Gasteiger partial charge >= 0.3 is 0 Å². The summed E-state index contributed by atoms with van der Waals surface area (Å²) in [5.41, 5.74) is 1.72. The summed E-state index contributed by atoms with van der Waals surface area (Å²) in [5, 5.41) is 0. The lowest BCUT2D eigenvalue weighted by molar-refractivity contribution is -0.123. The second-order valence-corrected chi connectivity index (χ2v) is 9.56. The van der Waals surface area contributed by atoms with Crippen molar-refractivity contribution >= 4 is 21.4 Å². The summed E-state index contributed by atoms with van der Waals surface area (Å²) in [6, 6.07) is 14.4. The first-order valence-electron chi connectivity index (χ1n) is 9.20. The molecule has 2 fully saturated rings. The Labute approximate surface area is 163 Å².